The van der Waals surface area contributed by atoms with E-state index in [-0.39, 0.29) is 25.3 Å². The summed E-state index contributed by atoms with van der Waals surface area (Å²) >= 11 is 3.24. The summed E-state index contributed by atoms with van der Waals surface area (Å²) in [6.45, 7) is 4.48. The molecule has 1 aromatic heterocycles. The topological polar surface area (TPSA) is 140 Å². The standard InChI is InChI=1S/C21H25BrF3N7O4/c1-10(2)5-13(30(4)16(33)11(3)27-19(36)21(23,24)25)17(34)31-9-20(7-12(31)8-26)18(35)28-15-6-14(22)29-32(15)20/h6,10-13H,5,7,9H2,1-4H3,(H,27,36)(H,28,35)/t11?,12-,13?,20+/m0/s1. The maximum absolute atomic E-state index is 13.7. The second kappa shape index (κ2) is 9.72. The van der Waals surface area contributed by atoms with Crippen molar-refractivity contribution >= 4 is 45.4 Å². The first kappa shape index (κ1) is 27.4. The largest absolute Gasteiger partial charge is 0.471 e. The van der Waals surface area contributed by atoms with Crippen LogP contribution in [0.4, 0.5) is 19.0 Å². The van der Waals surface area contributed by atoms with E-state index in [1.54, 1.807) is 25.2 Å². The van der Waals surface area contributed by atoms with Crippen molar-refractivity contribution in [3.8, 4) is 6.07 Å². The highest BCUT2D eigenvalue weighted by Crippen LogP contribution is 2.42. The number of carbonyl (C=O) groups excluding carboxylic acids is 4. The Morgan fingerprint density at radius 2 is 2.03 bits per heavy atom. The van der Waals surface area contributed by atoms with Gasteiger partial charge in [-0.15, -0.1) is 0 Å². The second-order valence-corrected chi connectivity index (χ2v) is 10.2. The molecule has 2 N–H and O–H groups in total. The van der Waals surface area contributed by atoms with Gasteiger partial charge >= 0.3 is 12.1 Å². The predicted molar refractivity (Wildman–Crippen MR) is 122 cm³/mol. The third-order valence-electron chi connectivity index (χ3n) is 6.29. The number of likely N-dealkylation sites (N-methyl/N-ethyl adjacent to an activating group) is 1. The van der Waals surface area contributed by atoms with Crippen LogP contribution in [0.25, 0.3) is 0 Å². The van der Waals surface area contributed by atoms with Gasteiger partial charge in [-0.3, -0.25) is 19.2 Å². The van der Waals surface area contributed by atoms with E-state index < -0.39 is 53.5 Å². The Morgan fingerprint density at radius 3 is 2.58 bits per heavy atom. The van der Waals surface area contributed by atoms with Crippen LogP contribution < -0.4 is 10.6 Å². The molecule has 4 atom stereocenters. The van der Waals surface area contributed by atoms with Crippen molar-refractivity contribution in [1.82, 2.24) is 24.9 Å². The molecule has 196 valence electrons. The van der Waals surface area contributed by atoms with E-state index in [0.717, 1.165) is 11.8 Å². The average Bonchev–Trinajstić information content (AvgIpc) is 3.42. The Hall–Kier alpha value is -3.15. The average molecular weight is 576 g/mol. The van der Waals surface area contributed by atoms with E-state index in [1.807, 2.05) is 6.07 Å². The van der Waals surface area contributed by atoms with E-state index >= 15 is 0 Å². The molecular weight excluding hydrogens is 551 g/mol. The molecule has 2 aliphatic rings. The molecule has 0 radical (unpaired) electrons. The first-order valence-corrected chi connectivity index (χ1v) is 11.8. The quantitative estimate of drug-likeness (QED) is 0.524. The molecule has 0 aromatic carbocycles. The molecule has 0 bridgehead atoms. The number of aromatic nitrogens is 2. The number of rotatable bonds is 6. The molecule has 0 aliphatic carbocycles. The van der Waals surface area contributed by atoms with Gasteiger partial charge < -0.3 is 20.4 Å². The molecule has 1 saturated heterocycles. The third kappa shape index (κ3) is 4.91. The van der Waals surface area contributed by atoms with Crippen LogP contribution in [0.2, 0.25) is 0 Å². The molecule has 1 fully saturated rings. The zero-order valence-corrected chi connectivity index (χ0v) is 21.5. The number of anilines is 1. The lowest BCUT2D eigenvalue weighted by atomic mass is 9.96. The van der Waals surface area contributed by atoms with E-state index in [0.29, 0.717) is 10.4 Å². The minimum absolute atomic E-state index is 0.0354. The first-order chi connectivity index (χ1) is 16.6. The van der Waals surface area contributed by atoms with Crippen molar-refractivity contribution in [2.75, 3.05) is 18.9 Å². The number of halogens is 4. The lowest BCUT2D eigenvalue weighted by Gasteiger charge is -2.34. The summed E-state index contributed by atoms with van der Waals surface area (Å²) in [6, 6.07) is -0.110. The first-order valence-electron chi connectivity index (χ1n) is 11.0. The molecule has 3 rings (SSSR count). The van der Waals surface area contributed by atoms with E-state index in [1.165, 1.54) is 16.6 Å². The molecule has 2 aliphatic heterocycles. The molecule has 1 aromatic rings. The van der Waals surface area contributed by atoms with Crippen LogP contribution in [0.5, 0.6) is 0 Å². The molecular formula is C21H25BrF3N7O4. The van der Waals surface area contributed by atoms with Crippen molar-refractivity contribution in [3.63, 3.8) is 0 Å². The Labute approximate surface area is 213 Å². The lowest BCUT2D eigenvalue weighted by Crippen LogP contribution is -2.56. The summed E-state index contributed by atoms with van der Waals surface area (Å²) in [7, 11) is 1.25. The van der Waals surface area contributed by atoms with Crippen LogP contribution in [0.15, 0.2) is 10.7 Å². The van der Waals surface area contributed by atoms with Crippen LogP contribution >= 0.6 is 15.9 Å². The zero-order valence-electron chi connectivity index (χ0n) is 19.9. The molecule has 11 nitrogen and oxygen atoms in total. The van der Waals surface area contributed by atoms with Crippen LogP contribution in [-0.2, 0) is 24.7 Å². The number of alkyl halides is 3. The van der Waals surface area contributed by atoms with Gasteiger partial charge in [0, 0.05) is 19.5 Å². The summed E-state index contributed by atoms with van der Waals surface area (Å²) < 4.78 is 39.8. The SMILES string of the molecule is CC(C)CC(C(=O)N1C[C@]2(C[C@H]1C#N)C(=O)Nc1cc(Br)nn12)N(C)C(=O)C(C)NC(=O)C(F)(F)F. The summed E-state index contributed by atoms with van der Waals surface area (Å²) in [5.74, 6) is -3.96. The maximum atomic E-state index is 13.7. The number of nitrogens with one attached hydrogen (secondary N) is 2. The summed E-state index contributed by atoms with van der Waals surface area (Å²) in [6.07, 6.45) is -5.08. The molecule has 15 heteroatoms. The summed E-state index contributed by atoms with van der Waals surface area (Å²) in [5, 5.41) is 18.4. The van der Waals surface area contributed by atoms with Gasteiger partial charge in [0.25, 0.3) is 5.91 Å². The van der Waals surface area contributed by atoms with Gasteiger partial charge in [0.05, 0.1) is 12.6 Å². The van der Waals surface area contributed by atoms with Gasteiger partial charge in [0.1, 0.15) is 28.5 Å². The van der Waals surface area contributed by atoms with Crippen molar-refractivity contribution in [3.05, 3.63) is 10.7 Å². The fourth-order valence-electron chi connectivity index (χ4n) is 4.51. The van der Waals surface area contributed by atoms with Crippen molar-refractivity contribution in [2.24, 2.45) is 5.92 Å². The van der Waals surface area contributed by atoms with Crippen LogP contribution in [-0.4, -0.2) is 81.1 Å². The molecule has 3 heterocycles. The summed E-state index contributed by atoms with van der Waals surface area (Å²) in [4.78, 5) is 53.0. The highest BCUT2D eigenvalue weighted by Gasteiger charge is 2.58. The Morgan fingerprint density at radius 1 is 1.39 bits per heavy atom. The summed E-state index contributed by atoms with van der Waals surface area (Å²) in [5.41, 5.74) is -1.32. The zero-order chi connectivity index (χ0) is 27.2. The van der Waals surface area contributed by atoms with Gasteiger partial charge in [-0.05, 0) is 35.2 Å². The highest BCUT2D eigenvalue weighted by atomic mass is 79.9. The van der Waals surface area contributed by atoms with E-state index in [9.17, 15) is 37.6 Å². The Balaban J connectivity index is 1.87. The number of hydrogen-bond acceptors (Lipinski definition) is 6. The number of carbonyl (C=O) groups is 4. The fraction of sp³-hybridized carbons (Fsp3) is 0.619. The number of nitrogens with zero attached hydrogens (tertiary/aromatic N) is 5. The Kier molecular flexibility index (Phi) is 7.41. The molecule has 2 unspecified atom stereocenters. The number of amides is 4. The van der Waals surface area contributed by atoms with E-state index in [2.05, 4.69) is 26.3 Å². The van der Waals surface area contributed by atoms with Gasteiger partial charge in [0.15, 0.2) is 5.54 Å². The normalized spacial score (nSPS) is 22.7. The van der Waals surface area contributed by atoms with E-state index in [4.69, 9.17) is 0 Å². The molecule has 0 saturated carbocycles. The Bertz CT molecular complexity index is 1130. The third-order valence-corrected chi connectivity index (χ3v) is 6.68. The maximum Gasteiger partial charge on any atom is 0.471 e. The highest BCUT2D eigenvalue weighted by molar-refractivity contribution is 9.10. The van der Waals surface area contributed by atoms with Crippen LogP contribution in [0.3, 0.4) is 0 Å². The van der Waals surface area contributed by atoms with Gasteiger partial charge in [-0.25, -0.2) is 4.68 Å². The monoisotopic (exact) mass is 575 g/mol. The van der Waals surface area contributed by atoms with Crippen LogP contribution in [0, 0.1) is 17.2 Å². The second-order valence-electron chi connectivity index (χ2n) is 9.35. The molecule has 4 amide bonds. The predicted octanol–water partition coefficient (Wildman–Crippen LogP) is 1.36. The van der Waals surface area contributed by atoms with Gasteiger partial charge in [0.2, 0.25) is 11.8 Å². The molecule has 36 heavy (non-hydrogen) atoms. The fourth-order valence-corrected chi connectivity index (χ4v) is 4.88. The number of hydrogen-bond donors (Lipinski definition) is 2. The smallest absolute Gasteiger partial charge is 0.337 e. The lowest BCUT2D eigenvalue weighted by molar-refractivity contribution is -0.175. The minimum atomic E-state index is -5.17. The van der Waals surface area contributed by atoms with Crippen molar-refractivity contribution < 1.29 is 32.3 Å². The van der Waals surface area contributed by atoms with Crippen molar-refractivity contribution in [2.45, 2.75) is 63.5 Å². The number of likely N-dealkylation sites (tertiary alicyclic amines) is 1. The van der Waals surface area contributed by atoms with Crippen molar-refractivity contribution in [1.29, 1.82) is 5.26 Å². The van der Waals surface area contributed by atoms with Gasteiger partial charge in [-0.2, -0.15) is 23.5 Å². The minimum Gasteiger partial charge on any atom is -0.337 e. The number of fused-ring (bicyclic) bond motifs is 2. The number of nitriles is 1. The molecule has 1 spiro atoms. The van der Waals surface area contributed by atoms with Gasteiger partial charge in [-0.1, -0.05) is 13.8 Å². The van der Waals surface area contributed by atoms with Crippen LogP contribution in [0.1, 0.15) is 33.6 Å².